The first-order chi connectivity index (χ1) is 16.8. The highest BCUT2D eigenvalue weighted by atomic mass is 16.5. The average molecular weight is 484 g/mol. The van der Waals surface area contributed by atoms with Crippen molar-refractivity contribution in [1.82, 2.24) is 4.90 Å². The first-order valence-corrected chi connectivity index (χ1v) is 11.8. The fourth-order valence-electron chi connectivity index (χ4n) is 4.02. The topological polar surface area (TPSA) is 94.5 Å². The van der Waals surface area contributed by atoms with Gasteiger partial charge in [-0.1, -0.05) is 12.1 Å². The highest BCUT2D eigenvalue weighted by molar-refractivity contribution is 6.46. The Morgan fingerprint density at radius 3 is 2.26 bits per heavy atom. The van der Waals surface area contributed by atoms with Crippen molar-refractivity contribution in [3.8, 4) is 17.2 Å². The number of ether oxygens (including phenoxy) is 4. The van der Waals surface area contributed by atoms with Gasteiger partial charge in [-0.05, 0) is 57.5 Å². The van der Waals surface area contributed by atoms with Gasteiger partial charge in [0.1, 0.15) is 23.0 Å². The van der Waals surface area contributed by atoms with Gasteiger partial charge in [0.2, 0.25) is 0 Å². The van der Waals surface area contributed by atoms with Crippen molar-refractivity contribution < 1.29 is 33.6 Å². The lowest BCUT2D eigenvalue weighted by molar-refractivity contribution is -0.140. The molecule has 1 amide bonds. The Labute approximate surface area is 206 Å². The number of carbonyl (C=O) groups excluding carboxylic acids is 2. The Kier molecular flexibility index (Phi) is 8.76. The lowest BCUT2D eigenvalue weighted by Crippen LogP contribution is -2.32. The molecule has 2 aromatic rings. The third-order valence-corrected chi connectivity index (χ3v) is 5.46. The van der Waals surface area contributed by atoms with Crippen molar-refractivity contribution in [3.05, 3.63) is 59.2 Å². The summed E-state index contributed by atoms with van der Waals surface area (Å²) in [7, 11) is 1.53. The summed E-state index contributed by atoms with van der Waals surface area (Å²) in [5.74, 6) is -0.156. The van der Waals surface area contributed by atoms with Gasteiger partial charge < -0.3 is 29.0 Å². The molecule has 1 saturated heterocycles. The number of aliphatic hydroxyl groups excluding tert-OH is 1. The Morgan fingerprint density at radius 2 is 1.66 bits per heavy atom. The first kappa shape index (κ1) is 26.1. The molecule has 1 aliphatic rings. The van der Waals surface area contributed by atoms with Crippen molar-refractivity contribution in [1.29, 1.82) is 0 Å². The highest BCUT2D eigenvalue weighted by Gasteiger charge is 2.46. The number of Topliss-reactive ketones (excluding diaryl/α,β-unsaturated/α-hetero) is 1. The van der Waals surface area contributed by atoms with Crippen molar-refractivity contribution >= 4 is 17.4 Å². The number of ketones is 1. The molecule has 188 valence electrons. The number of nitrogens with zero attached hydrogens (tertiary/aromatic N) is 1. The maximum absolute atomic E-state index is 13.2. The molecule has 0 saturated carbocycles. The second-order valence-corrected chi connectivity index (χ2v) is 8.24. The van der Waals surface area contributed by atoms with E-state index in [1.54, 1.807) is 42.5 Å². The zero-order chi connectivity index (χ0) is 25.5. The number of amides is 1. The van der Waals surface area contributed by atoms with E-state index >= 15 is 0 Å². The van der Waals surface area contributed by atoms with E-state index in [9.17, 15) is 14.7 Å². The Balaban J connectivity index is 2.14. The van der Waals surface area contributed by atoms with Gasteiger partial charge in [-0.2, -0.15) is 0 Å². The van der Waals surface area contributed by atoms with Gasteiger partial charge in [-0.15, -0.1) is 0 Å². The van der Waals surface area contributed by atoms with E-state index in [4.69, 9.17) is 18.9 Å². The van der Waals surface area contributed by atoms with E-state index < -0.39 is 17.7 Å². The van der Waals surface area contributed by atoms with Crippen molar-refractivity contribution in [3.63, 3.8) is 0 Å². The molecule has 35 heavy (non-hydrogen) atoms. The van der Waals surface area contributed by atoms with E-state index in [-0.39, 0.29) is 30.6 Å². The van der Waals surface area contributed by atoms with Crippen LogP contribution in [0.5, 0.6) is 17.2 Å². The molecule has 0 bridgehead atoms. The molecular formula is C27H33NO7. The minimum Gasteiger partial charge on any atom is -0.507 e. The zero-order valence-corrected chi connectivity index (χ0v) is 20.9. The fourth-order valence-corrected chi connectivity index (χ4v) is 4.02. The number of aliphatic hydroxyl groups is 1. The number of carbonyl (C=O) groups is 2. The number of hydrogen-bond donors (Lipinski definition) is 1. The van der Waals surface area contributed by atoms with E-state index in [1.165, 1.54) is 12.0 Å². The molecule has 0 radical (unpaired) electrons. The van der Waals surface area contributed by atoms with Crippen LogP contribution in [0.4, 0.5) is 0 Å². The van der Waals surface area contributed by atoms with E-state index in [0.717, 1.165) is 0 Å². The third-order valence-electron chi connectivity index (χ3n) is 5.46. The van der Waals surface area contributed by atoms with Crippen LogP contribution in [0, 0.1) is 0 Å². The lowest BCUT2D eigenvalue weighted by Gasteiger charge is -2.25. The van der Waals surface area contributed by atoms with Gasteiger partial charge in [0.05, 0.1) is 43.1 Å². The van der Waals surface area contributed by atoms with Gasteiger partial charge in [0, 0.05) is 19.7 Å². The minimum atomic E-state index is -0.792. The van der Waals surface area contributed by atoms with Crippen LogP contribution in [-0.2, 0) is 14.3 Å². The molecule has 3 rings (SSSR count). The molecule has 1 N–H and O–H groups in total. The molecule has 0 aromatic heterocycles. The van der Waals surface area contributed by atoms with Gasteiger partial charge >= 0.3 is 0 Å². The molecular weight excluding hydrogens is 450 g/mol. The van der Waals surface area contributed by atoms with Crippen LogP contribution < -0.4 is 14.2 Å². The molecule has 1 unspecified atom stereocenters. The van der Waals surface area contributed by atoms with Crippen molar-refractivity contribution in [2.75, 3.05) is 33.5 Å². The lowest BCUT2D eigenvalue weighted by atomic mass is 9.95. The summed E-state index contributed by atoms with van der Waals surface area (Å²) >= 11 is 0. The summed E-state index contributed by atoms with van der Waals surface area (Å²) in [5.41, 5.74) is 0.973. The predicted molar refractivity (Wildman–Crippen MR) is 132 cm³/mol. The van der Waals surface area contributed by atoms with E-state index in [1.807, 2.05) is 27.7 Å². The van der Waals surface area contributed by atoms with Crippen LogP contribution in [0.1, 0.15) is 44.9 Å². The summed E-state index contributed by atoms with van der Waals surface area (Å²) in [6, 6.07) is 11.4. The largest absolute Gasteiger partial charge is 0.507 e. The van der Waals surface area contributed by atoms with Crippen LogP contribution >= 0.6 is 0 Å². The molecule has 1 heterocycles. The quantitative estimate of drug-likeness (QED) is 0.289. The molecule has 8 heteroatoms. The summed E-state index contributed by atoms with van der Waals surface area (Å²) < 4.78 is 22.2. The average Bonchev–Trinajstić information content (AvgIpc) is 3.08. The SMILES string of the molecule is CCOc1ccc(/C(O)=C2/C(=O)C(=O)N(CCOC)C2c2ccc(OC(C)C)cc2)c(OCC)c1. The van der Waals surface area contributed by atoms with Crippen LogP contribution in [0.2, 0.25) is 0 Å². The molecule has 0 aliphatic carbocycles. The Bertz CT molecular complexity index is 1080. The molecule has 1 fully saturated rings. The molecule has 2 aromatic carbocycles. The highest BCUT2D eigenvalue weighted by Crippen LogP contribution is 2.41. The van der Waals surface area contributed by atoms with Crippen LogP contribution in [0.25, 0.3) is 5.76 Å². The summed E-state index contributed by atoms with van der Waals surface area (Å²) in [6.07, 6.45) is 0.00448. The number of rotatable bonds is 11. The molecule has 1 aliphatic heterocycles. The molecule has 1 atom stereocenters. The van der Waals surface area contributed by atoms with Crippen molar-refractivity contribution in [2.45, 2.75) is 39.8 Å². The predicted octanol–water partition coefficient (Wildman–Crippen LogP) is 4.34. The van der Waals surface area contributed by atoms with E-state index in [2.05, 4.69) is 0 Å². The Hall–Kier alpha value is -3.52. The maximum Gasteiger partial charge on any atom is 0.295 e. The van der Waals surface area contributed by atoms with Crippen LogP contribution in [-0.4, -0.2) is 61.3 Å². The summed E-state index contributed by atoms with van der Waals surface area (Å²) in [5, 5.41) is 11.4. The van der Waals surface area contributed by atoms with Gasteiger partial charge in [0.15, 0.2) is 0 Å². The first-order valence-electron chi connectivity index (χ1n) is 11.8. The number of likely N-dealkylation sites (tertiary alicyclic amines) is 1. The fraction of sp³-hybridized carbons (Fsp3) is 0.407. The second kappa shape index (κ2) is 11.8. The van der Waals surface area contributed by atoms with Crippen LogP contribution in [0.3, 0.4) is 0 Å². The summed E-state index contributed by atoms with van der Waals surface area (Å²) in [4.78, 5) is 27.6. The third kappa shape index (κ3) is 5.77. The number of hydrogen-bond acceptors (Lipinski definition) is 7. The van der Waals surface area contributed by atoms with Crippen molar-refractivity contribution in [2.24, 2.45) is 0 Å². The standard InChI is InChI=1S/C27H33NO7/c1-6-33-20-12-13-21(22(16-20)34-7-2)25(29)23-24(28(14-15-32-5)27(31)26(23)30)18-8-10-19(11-9-18)35-17(3)4/h8-13,16-17,24,29H,6-7,14-15H2,1-5H3/b25-23-. The second-order valence-electron chi connectivity index (χ2n) is 8.24. The van der Waals surface area contributed by atoms with Gasteiger partial charge in [0.25, 0.3) is 11.7 Å². The zero-order valence-electron chi connectivity index (χ0n) is 20.9. The number of methoxy groups -OCH3 is 1. The summed E-state index contributed by atoms with van der Waals surface area (Å²) in [6.45, 7) is 8.80. The minimum absolute atomic E-state index is 0.00448. The monoisotopic (exact) mass is 483 g/mol. The van der Waals surface area contributed by atoms with Crippen LogP contribution in [0.15, 0.2) is 48.0 Å². The number of benzene rings is 2. The smallest absolute Gasteiger partial charge is 0.295 e. The maximum atomic E-state index is 13.2. The normalized spacial score (nSPS) is 17.2. The van der Waals surface area contributed by atoms with E-state index in [0.29, 0.717) is 41.6 Å². The Morgan fingerprint density at radius 1 is 1.00 bits per heavy atom. The van der Waals surface area contributed by atoms with Gasteiger partial charge in [-0.3, -0.25) is 9.59 Å². The molecule has 8 nitrogen and oxygen atoms in total. The van der Waals surface area contributed by atoms with Gasteiger partial charge in [-0.25, -0.2) is 0 Å². The molecule has 0 spiro atoms.